The predicted molar refractivity (Wildman–Crippen MR) is 79.0 cm³/mol. The van der Waals surface area contributed by atoms with Crippen LogP contribution in [-0.2, 0) is 21.2 Å². The minimum atomic E-state index is -4.77. The standard InChI is InChI=1S/C16H14F3O3S/c17-16(18,19)11-15(22-12-13-7-3-1-4-8-13)23(20,21)14-9-5-2-6-10-14/h1-11,15H,12H2/t15-/m1/s1. The summed E-state index contributed by atoms with van der Waals surface area (Å²) in [5.41, 5.74) is -1.53. The molecule has 0 aliphatic heterocycles. The fourth-order valence-corrected chi connectivity index (χ4v) is 3.26. The van der Waals surface area contributed by atoms with E-state index in [0.29, 0.717) is 5.56 Å². The Balaban J connectivity index is 2.23. The van der Waals surface area contributed by atoms with Gasteiger partial charge in [0.25, 0.3) is 0 Å². The Labute approximate surface area is 132 Å². The average Bonchev–Trinajstić information content (AvgIpc) is 2.52. The topological polar surface area (TPSA) is 43.4 Å². The highest BCUT2D eigenvalue weighted by atomic mass is 32.2. The Bertz CT molecular complexity index is 713. The Kier molecular flexibility index (Phi) is 5.43. The summed E-state index contributed by atoms with van der Waals surface area (Å²) in [4.78, 5) is -0.224. The molecule has 0 spiro atoms. The minimum absolute atomic E-state index is 0.224. The molecule has 0 unspecified atom stereocenters. The van der Waals surface area contributed by atoms with E-state index in [4.69, 9.17) is 4.74 Å². The van der Waals surface area contributed by atoms with Crippen LogP contribution in [0.1, 0.15) is 5.56 Å². The van der Waals surface area contributed by atoms with Gasteiger partial charge in [-0.05, 0) is 17.7 Å². The van der Waals surface area contributed by atoms with E-state index in [1.165, 1.54) is 24.3 Å². The molecule has 0 saturated heterocycles. The molecular weight excluding hydrogens is 329 g/mol. The first-order valence-electron chi connectivity index (χ1n) is 6.66. The van der Waals surface area contributed by atoms with E-state index in [-0.39, 0.29) is 17.9 Å². The number of sulfone groups is 1. The summed E-state index contributed by atoms with van der Waals surface area (Å²) in [5, 5.41) is 0. The molecule has 7 heteroatoms. The van der Waals surface area contributed by atoms with Crippen molar-refractivity contribution in [3.05, 3.63) is 72.6 Å². The van der Waals surface area contributed by atoms with Crippen LogP contribution < -0.4 is 0 Å². The van der Waals surface area contributed by atoms with Gasteiger partial charge in [0.2, 0.25) is 9.84 Å². The van der Waals surface area contributed by atoms with Crippen molar-refractivity contribution in [2.24, 2.45) is 0 Å². The zero-order chi connectivity index (χ0) is 16.9. The highest BCUT2D eigenvalue weighted by Gasteiger charge is 2.40. The summed E-state index contributed by atoms with van der Waals surface area (Å²) in [6, 6.07) is 15.3. The SMILES string of the molecule is O=S(=O)(c1ccccc1)[C@H]([CH]C(F)(F)F)OCc1ccccc1. The largest absolute Gasteiger partial charge is 0.396 e. The molecule has 0 heterocycles. The highest BCUT2D eigenvalue weighted by Crippen LogP contribution is 2.28. The van der Waals surface area contributed by atoms with Crippen LogP contribution in [0.5, 0.6) is 0 Å². The van der Waals surface area contributed by atoms with E-state index >= 15 is 0 Å². The molecule has 2 aromatic carbocycles. The molecule has 0 fully saturated rings. The molecule has 3 nitrogen and oxygen atoms in total. The van der Waals surface area contributed by atoms with Crippen molar-refractivity contribution >= 4 is 9.84 Å². The zero-order valence-corrected chi connectivity index (χ0v) is 12.7. The van der Waals surface area contributed by atoms with Crippen LogP contribution in [-0.4, -0.2) is 20.0 Å². The fraction of sp³-hybridized carbons (Fsp3) is 0.188. The van der Waals surface area contributed by atoms with E-state index in [0.717, 1.165) is 0 Å². The number of rotatable bonds is 6. The van der Waals surface area contributed by atoms with E-state index in [9.17, 15) is 21.6 Å². The Morgan fingerprint density at radius 2 is 1.48 bits per heavy atom. The third-order valence-electron chi connectivity index (χ3n) is 2.96. The van der Waals surface area contributed by atoms with Crippen LogP contribution >= 0.6 is 0 Å². The van der Waals surface area contributed by atoms with Crippen molar-refractivity contribution in [3.8, 4) is 0 Å². The maximum absolute atomic E-state index is 12.7. The summed E-state index contributed by atoms with van der Waals surface area (Å²) in [7, 11) is -4.30. The summed E-state index contributed by atoms with van der Waals surface area (Å²) >= 11 is 0. The van der Waals surface area contributed by atoms with Crippen molar-refractivity contribution in [2.75, 3.05) is 0 Å². The Hall–Kier alpha value is -1.86. The number of benzene rings is 2. The first kappa shape index (κ1) is 17.5. The number of ether oxygens (including phenoxy) is 1. The van der Waals surface area contributed by atoms with Crippen molar-refractivity contribution in [3.63, 3.8) is 0 Å². The van der Waals surface area contributed by atoms with Gasteiger partial charge in [-0.2, -0.15) is 13.2 Å². The first-order valence-corrected chi connectivity index (χ1v) is 8.21. The van der Waals surface area contributed by atoms with Crippen molar-refractivity contribution in [1.82, 2.24) is 0 Å². The molecule has 2 aromatic rings. The normalized spacial score (nSPS) is 13.7. The second-order valence-electron chi connectivity index (χ2n) is 4.73. The van der Waals surface area contributed by atoms with E-state index < -0.39 is 21.4 Å². The van der Waals surface area contributed by atoms with E-state index in [1.807, 2.05) is 0 Å². The molecule has 2 rings (SSSR count). The smallest absolute Gasteiger partial charge is 0.357 e. The van der Waals surface area contributed by atoms with Crippen LogP contribution in [0.2, 0.25) is 0 Å². The second kappa shape index (κ2) is 7.14. The molecule has 0 aliphatic rings. The molecule has 0 N–H and O–H groups in total. The first-order chi connectivity index (χ1) is 10.8. The van der Waals surface area contributed by atoms with Crippen molar-refractivity contribution < 1.29 is 26.3 Å². The van der Waals surface area contributed by atoms with Gasteiger partial charge in [-0.3, -0.25) is 0 Å². The fourth-order valence-electron chi connectivity index (χ4n) is 1.88. The lowest BCUT2D eigenvalue weighted by molar-refractivity contribution is -0.110. The van der Waals surface area contributed by atoms with Crippen molar-refractivity contribution in [2.45, 2.75) is 23.1 Å². The van der Waals surface area contributed by atoms with Crippen LogP contribution in [0.3, 0.4) is 0 Å². The third kappa shape index (κ3) is 5.07. The monoisotopic (exact) mass is 343 g/mol. The molecule has 0 aromatic heterocycles. The number of hydrogen-bond acceptors (Lipinski definition) is 3. The molecule has 23 heavy (non-hydrogen) atoms. The maximum Gasteiger partial charge on any atom is 0.396 e. The molecule has 0 amide bonds. The van der Waals surface area contributed by atoms with Gasteiger partial charge in [0.1, 0.15) is 6.42 Å². The van der Waals surface area contributed by atoms with Gasteiger partial charge in [-0.15, -0.1) is 0 Å². The second-order valence-corrected chi connectivity index (χ2v) is 6.76. The highest BCUT2D eigenvalue weighted by molar-refractivity contribution is 7.92. The van der Waals surface area contributed by atoms with Crippen LogP contribution in [0.25, 0.3) is 0 Å². The van der Waals surface area contributed by atoms with Crippen LogP contribution in [0, 0.1) is 6.42 Å². The summed E-state index contributed by atoms with van der Waals surface area (Å²) in [6.07, 6.45) is -5.03. The average molecular weight is 343 g/mol. The van der Waals surface area contributed by atoms with Crippen LogP contribution in [0.4, 0.5) is 13.2 Å². The van der Waals surface area contributed by atoms with Crippen molar-refractivity contribution in [1.29, 1.82) is 0 Å². The quantitative estimate of drug-likeness (QED) is 0.802. The third-order valence-corrected chi connectivity index (χ3v) is 4.77. The van der Waals surface area contributed by atoms with Gasteiger partial charge >= 0.3 is 6.18 Å². The van der Waals surface area contributed by atoms with E-state index in [1.54, 1.807) is 36.4 Å². The molecule has 1 radical (unpaired) electrons. The number of alkyl halides is 3. The molecule has 0 aliphatic carbocycles. The minimum Gasteiger partial charge on any atom is -0.357 e. The summed E-state index contributed by atoms with van der Waals surface area (Å²) in [5.74, 6) is 0. The lowest BCUT2D eigenvalue weighted by Crippen LogP contribution is -2.31. The summed E-state index contributed by atoms with van der Waals surface area (Å²) < 4.78 is 67.8. The lowest BCUT2D eigenvalue weighted by atomic mass is 10.2. The molecule has 1 atom stereocenters. The van der Waals surface area contributed by atoms with Gasteiger partial charge in [-0.1, -0.05) is 48.5 Å². The van der Waals surface area contributed by atoms with Gasteiger partial charge in [-0.25, -0.2) is 8.42 Å². The van der Waals surface area contributed by atoms with Gasteiger partial charge in [0.15, 0.2) is 5.44 Å². The Morgan fingerprint density at radius 1 is 0.957 bits per heavy atom. The molecule has 0 bridgehead atoms. The van der Waals surface area contributed by atoms with Gasteiger partial charge < -0.3 is 4.74 Å². The maximum atomic E-state index is 12.7. The van der Waals surface area contributed by atoms with E-state index in [2.05, 4.69) is 0 Å². The predicted octanol–water partition coefficient (Wildman–Crippen LogP) is 3.77. The lowest BCUT2D eigenvalue weighted by Gasteiger charge is -2.19. The van der Waals surface area contributed by atoms with Gasteiger partial charge in [0, 0.05) is 0 Å². The van der Waals surface area contributed by atoms with Crippen LogP contribution in [0.15, 0.2) is 65.6 Å². The summed E-state index contributed by atoms with van der Waals surface area (Å²) in [6.45, 7) is -0.246. The molecule has 123 valence electrons. The molecular formula is C16H14F3O3S. The zero-order valence-electron chi connectivity index (χ0n) is 11.9. The number of hydrogen-bond donors (Lipinski definition) is 0. The Morgan fingerprint density at radius 3 is 2.00 bits per heavy atom. The number of halogens is 3. The van der Waals surface area contributed by atoms with Gasteiger partial charge in [0.05, 0.1) is 11.5 Å². The molecule has 0 saturated carbocycles.